The number of rotatable bonds is 7. The quantitative estimate of drug-likeness (QED) is 0.821. The van der Waals surface area contributed by atoms with Gasteiger partial charge in [0.1, 0.15) is 0 Å². The van der Waals surface area contributed by atoms with Crippen molar-refractivity contribution in [2.75, 3.05) is 13.1 Å². The second-order valence-electron chi connectivity index (χ2n) is 7.22. The summed E-state index contributed by atoms with van der Waals surface area (Å²) in [6, 6.07) is 14.7. The van der Waals surface area contributed by atoms with Crippen molar-refractivity contribution in [1.82, 2.24) is 15.2 Å². The molecule has 1 aromatic heterocycles. The van der Waals surface area contributed by atoms with Crippen LogP contribution < -0.4 is 5.32 Å². The average molecular weight is 351 g/mol. The monoisotopic (exact) mass is 351 g/mol. The molecule has 1 aliphatic rings. The van der Waals surface area contributed by atoms with E-state index in [-0.39, 0.29) is 11.9 Å². The Morgan fingerprint density at radius 3 is 2.50 bits per heavy atom. The summed E-state index contributed by atoms with van der Waals surface area (Å²) < 4.78 is 0. The average Bonchev–Trinajstić information content (AvgIpc) is 2.69. The molecule has 0 unspecified atom stereocenters. The van der Waals surface area contributed by atoms with E-state index >= 15 is 0 Å². The first-order valence-electron chi connectivity index (χ1n) is 9.70. The van der Waals surface area contributed by atoms with Crippen molar-refractivity contribution in [3.8, 4) is 0 Å². The van der Waals surface area contributed by atoms with E-state index in [1.807, 2.05) is 12.1 Å². The maximum atomic E-state index is 12.5. The molecule has 0 radical (unpaired) electrons. The number of pyridine rings is 1. The van der Waals surface area contributed by atoms with Crippen LogP contribution in [0.1, 0.15) is 49.8 Å². The van der Waals surface area contributed by atoms with E-state index in [4.69, 9.17) is 0 Å². The lowest BCUT2D eigenvalue weighted by Crippen LogP contribution is -2.36. The molecule has 3 rings (SSSR count). The van der Waals surface area contributed by atoms with Crippen molar-refractivity contribution in [2.24, 2.45) is 5.92 Å². The molecule has 0 bridgehead atoms. The number of hydrogen-bond donors (Lipinski definition) is 1. The first-order chi connectivity index (χ1) is 12.7. The predicted octanol–water partition coefficient (Wildman–Crippen LogP) is 3.95. The molecule has 1 aliphatic heterocycles. The zero-order valence-electron chi connectivity index (χ0n) is 15.6. The Bertz CT molecular complexity index is 666. The minimum absolute atomic E-state index is 0.0867. The Morgan fingerprint density at radius 1 is 1.15 bits per heavy atom. The highest BCUT2D eigenvalue weighted by atomic mass is 16.1. The number of likely N-dealkylation sites (tertiary alicyclic amines) is 1. The first-order valence-corrected chi connectivity index (χ1v) is 9.70. The fraction of sp³-hybridized carbons (Fsp3) is 0.455. The largest absolute Gasteiger partial charge is 0.349 e. The van der Waals surface area contributed by atoms with Gasteiger partial charge in [-0.05, 0) is 61.5 Å². The van der Waals surface area contributed by atoms with Gasteiger partial charge < -0.3 is 5.32 Å². The molecule has 1 aromatic carbocycles. The van der Waals surface area contributed by atoms with Crippen molar-refractivity contribution in [1.29, 1.82) is 0 Å². The van der Waals surface area contributed by atoms with Gasteiger partial charge in [0.25, 0.3) is 0 Å². The van der Waals surface area contributed by atoms with E-state index in [9.17, 15) is 4.79 Å². The van der Waals surface area contributed by atoms with Crippen LogP contribution in [0.2, 0.25) is 0 Å². The molecule has 1 N–H and O–H groups in total. The molecular formula is C22H29N3O. The highest BCUT2D eigenvalue weighted by molar-refractivity contribution is 5.76. The van der Waals surface area contributed by atoms with Gasteiger partial charge in [-0.15, -0.1) is 0 Å². The number of benzene rings is 1. The summed E-state index contributed by atoms with van der Waals surface area (Å²) in [4.78, 5) is 19.0. The molecule has 1 atom stereocenters. The topological polar surface area (TPSA) is 45.2 Å². The number of piperidine rings is 1. The van der Waals surface area contributed by atoms with Crippen LogP contribution in [-0.2, 0) is 11.3 Å². The van der Waals surface area contributed by atoms with Crippen LogP contribution in [0.5, 0.6) is 0 Å². The zero-order valence-corrected chi connectivity index (χ0v) is 15.6. The van der Waals surface area contributed by atoms with Crippen molar-refractivity contribution < 1.29 is 4.79 Å². The van der Waals surface area contributed by atoms with Gasteiger partial charge in [-0.1, -0.05) is 37.3 Å². The Labute approximate surface area is 156 Å². The maximum absolute atomic E-state index is 12.5. The summed E-state index contributed by atoms with van der Waals surface area (Å²) in [5.74, 6) is 0.673. The number of amides is 1. The van der Waals surface area contributed by atoms with Crippen LogP contribution >= 0.6 is 0 Å². The number of carbonyl (C=O) groups is 1. The second kappa shape index (κ2) is 9.48. The van der Waals surface area contributed by atoms with Gasteiger partial charge in [0.15, 0.2) is 0 Å². The van der Waals surface area contributed by atoms with Crippen LogP contribution in [0.4, 0.5) is 0 Å². The highest BCUT2D eigenvalue weighted by Crippen LogP contribution is 2.23. The SMILES string of the molecule is CC[C@H](NC(=O)CC1CCN(Cc2ccccc2)CC1)c1ccncc1. The Balaban J connectivity index is 1.43. The molecule has 26 heavy (non-hydrogen) atoms. The van der Waals surface area contributed by atoms with Crippen molar-refractivity contribution in [2.45, 2.75) is 45.2 Å². The molecule has 0 spiro atoms. The lowest BCUT2D eigenvalue weighted by molar-refractivity contribution is -0.123. The van der Waals surface area contributed by atoms with Crippen LogP contribution in [0, 0.1) is 5.92 Å². The van der Waals surface area contributed by atoms with Gasteiger partial charge in [0.2, 0.25) is 5.91 Å². The van der Waals surface area contributed by atoms with E-state index in [2.05, 4.69) is 52.5 Å². The van der Waals surface area contributed by atoms with E-state index in [0.717, 1.165) is 44.5 Å². The number of hydrogen-bond acceptors (Lipinski definition) is 3. The third-order valence-electron chi connectivity index (χ3n) is 5.28. The van der Waals surface area contributed by atoms with Gasteiger partial charge in [0, 0.05) is 25.4 Å². The van der Waals surface area contributed by atoms with Crippen LogP contribution in [-0.4, -0.2) is 28.9 Å². The molecule has 4 nitrogen and oxygen atoms in total. The van der Waals surface area contributed by atoms with E-state index in [1.165, 1.54) is 5.56 Å². The molecule has 2 heterocycles. The van der Waals surface area contributed by atoms with Crippen LogP contribution in [0.25, 0.3) is 0 Å². The van der Waals surface area contributed by atoms with Crippen LogP contribution in [0.15, 0.2) is 54.9 Å². The lowest BCUT2D eigenvalue weighted by atomic mass is 9.92. The molecule has 0 saturated carbocycles. The van der Waals surface area contributed by atoms with Crippen LogP contribution in [0.3, 0.4) is 0 Å². The van der Waals surface area contributed by atoms with Gasteiger partial charge in [-0.25, -0.2) is 0 Å². The fourth-order valence-corrected chi connectivity index (χ4v) is 3.72. The molecule has 1 amide bonds. The van der Waals surface area contributed by atoms with Gasteiger partial charge in [0.05, 0.1) is 6.04 Å². The standard InChI is InChI=1S/C22H29N3O/c1-2-21(20-8-12-23-13-9-20)24-22(26)16-18-10-14-25(15-11-18)17-19-6-4-3-5-7-19/h3-9,12-13,18,21H,2,10-11,14-17H2,1H3,(H,24,26)/t21-/m0/s1. The highest BCUT2D eigenvalue weighted by Gasteiger charge is 2.22. The smallest absolute Gasteiger partial charge is 0.220 e. The number of aromatic nitrogens is 1. The number of nitrogens with one attached hydrogen (secondary N) is 1. The molecular weight excluding hydrogens is 322 g/mol. The third-order valence-corrected chi connectivity index (χ3v) is 5.28. The summed E-state index contributed by atoms with van der Waals surface area (Å²) >= 11 is 0. The molecule has 138 valence electrons. The summed E-state index contributed by atoms with van der Waals surface area (Å²) in [6.45, 7) is 5.27. The fourth-order valence-electron chi connectivity index (χ4n) is 3.72. The van der Waals surface area contributed by atoms with Crippen molar-refractivity contribution in [3.63, 3.8) is 0 Å². The Morgan fingerprint density at radius 2 is 1.85 bits per heavy atom. The molecule has 2 aromatic rings. The second-order valence-corrected chi connectivity index (χ2v) is 7.22. The van der Waals surface area contributed by atoms with Gasteiger partial charge in [-0.2, -0.15) is 0 Å². The first kappa shape index (κ1) is 18.6. The normalized spacial score (nSPS) is 17.0. The molecule has 0 aliphatic carbocycles. The summed E-state index contributed by atoms with van der Waals surface area (Å²) in [6.07, 6.45) is 7.31. The summed E-state index contributed by atoms with van der Waals surface area (Å²) in [5.41, 5.74) is 2.50. The van der Waals surface area contributed by atoms with Gasteiger partial charge >= 0.3 is 0 Å². The summed E-state index contributed by atoms with van der Waals surface area (Å²) in [5, 5.41) is 3.20. The van der Waals surface area contributed by atoms with Crippen molar-refractivity contribution >= 4 is 5.91 Å². The molecule has 1 saturated heterocycles. The Hall–Kier alpha value is -2.20. The minimum Gasteiger partial charge on any atom is -0.349 e. The Kier molecular flexibility index (Phi) is 6.78. The minimum atomic E-state index is 0.0867. The lowest BCUT2D eigenvalue weighted by Gasteiger charge is -2.32. The summed E-state index contributed by atoms with van der Waals surface area (Å²) in [7, 11) is 0. The maximum Gasteiger partial charge on any atom is 0.220 e. The third kappa shape index (κ3) is 5.40. The predicted molar refractivity (Wildman–Crippen MR) is 104 cm³/mol. The van der Waals surface area contributed by atoms with Crippen molar-refractivity contribution in [3.05, 3.63) is 66.0 Å². The number of carbonyl (C=O) groups excluding carboxylic acids is 1. The van der Waals surface area contributed by atoms with E-state index in [1.54, 1.807) is 12.4 Å². The molecule has 4 heteroatoms. The number of nitrogens with zero attached hydrogens (tertiary/aromatic N) is 2. The van der Waals surface area contributed by atoms with E-state index < -0.39 is 0 Å². The van der Waals surface area contributed by atoms with Gasteiger partial charge in [-0.3, -0.25) is 14.7 Å². The molecule has 1 fully saturated rings. The van der Waals surface area contributed by atoms with E-state index in [0.29, 0.717) is 12.3 Å². The zero-order chi connectivity index (χ0) is 18.2.